The Morgan fingerprint density at radius 2 is 2.27 bits per heavy atom. The van der Waals surface area contributed by atoms with Crippen LogP contribution in [0.2, 0.25) is 0 Å². The normalized spacial score (nSPS) is 11.9. The first-order valence-corrected chi connectivity index (χ1v) is 4.58. The van der Waals surface area contributed by atoms with Gasteiger partial charge in [-0.15, -0.1) is 0 Å². The number of methoxy groups -OCH3 is 1. The Kier molecular flexibility index (Phi) is 3.91. The lowest BCUT2D eigenvalue weighted by molar-refractivity contribution is -0.143. The van der Waals surface area contributed by atoms with Gasteiger partial charge < -0.3 is 4.74 Å². The molecular formula is C10H12N2O3. The van der Waals surface area contributed by atoms with E-state index < -0.39 is 11.9 Å². The van der Waals surface area contributed by atoms with Crippen LogP contribution in [0.25, 0.3) is 0 Å². The second kappa shape index (κ2) is 5.19. The number of hydrogen-bond donors (Lipinski definition) is 0. The molecule has 1 heterocycles. The number of esters is 1. The molecule has 0 radical (unpaired) electrons. The number of ether oxygens (including phenoxy) is 1. The molecule has 1 unspecified atom stereocenters. The van der Waals surface area contributed by atoms with E-state index in [1.807, 2.05) is 0 Å². The minimum Gasteiger partial charge on any atom is -0.468 e. The minimum absolute atomic E-state index is 0.238. The van der Waals surface area contributed by atoms with Crippen molar-refractivity contribution in [2.24, 2.45) is 5.92 Å². The van der Waals surface area contributed by atoms with Gasteiger partial charge in [-0.2, -0.15) is 0 Å². The second-order valence-corrected chi connectivity index (χ2v) is 2.94. The predicted molar refractivity (Wildman–Crippen MR) is 52.2 cm³/mol. The van der Waals surface area contributed by atoms with Crippen LogP contribution in [0.5, 0.6) is 0 Å². The van der Waals surface area contributed by atoms with E-state index in [1.165, 1.54) is 25.7 Å². The van der Waals surface area contributed by atoms with Gasteiger partial charge in [0, 0.05) is 6.20 Å². The molecule has 0 amide bonds. The molecule has 5 heteroatoms. The summed E-state index contributed by atoms with van der Waals surface area (Å²) >= 11 is 0. The molecule has 0 aliphatic rings. The zero-order valence-corrected chi connectivity index (χ0v) is 8.64. The van der Waals surface area contributed by atoms with E-state index in [1.54, 1.807) is 6.92 Å². The lowest BCUT2D eigenvalue weighted by Crippen LogP contribution is -2.25. The molecule has 0 aliphatic heterocycles. The zero-order valence-electron chi connectivity index (χ0n) is 8.64. The Balaban J connectivity index is 2.87. The SMILES string of the molecule is CCC(C(=O)OC)C(=O)c1ccncn1. The van der Waals surface area contributed by atoms with Crippen molar-refractivity contribution in [1.29, 1.82) is 0 Å². The Morgan fingerprint density at radius 1 is 1.53 bits per heavy atom. The van der Waals surface area contributed by atoms with Crippen LogP contribution in [0.3, 0.4) is 0 Å². The van der Waals surface area contributed by atoms with Crippen molar-refractivity contribution in [2.45, 2.75) is 13.3 Å². The summed E-state index contributed by atoms with van der Waals surface area (Å²) < 4.78 is 4.54. The fraction of sp³-hybridized carbons (Fsp3) is 0.400. The second-order valence-electron chi connectivity index (χ2n) is 2.94. The Morgan fingerprint density at radius 3 is 2.73 bits per heavy atom. The van der Waals surface area contributed by atoms with E-state index in [0.29, 0.717) is 6.42 Å². The van der Waals surface area contributed by atoms with Crippen molar-refractivity contribution in [1.82, 2.24) is 9.97 Å². The van der Waals surface area contributed by atoms with Crippen LogP contribution in [-0.2, 0) is 9.53 Å². The topological polar surface area (TPSA) is 69.2 Å². The average molecular weight is 208 g/mol. The molecule has 1 aromatic heterocycles. The molecule has 5 nitrogen and oxygen atoms in total. The lowest BCUT2D eigenvalue weighted by atomic mass is 9.99. The minimum atomic E-state index is -0.773. The third-order valence-corrected chi connectivity index (χ3v) is 2.04. The number of carbonyl (C=O) groups is 2. The molecule has 0 saturated carbocycles. The van der Waals surface area contributed by atoms with E-state index in [4.69, 9.17) is 0 Å². The fourth-order valence-electron chi connectivity index (χ4n) is 1.22. The van der Waals surface area contributed by atoms with Gasteiger partial charge in [0.15, 0.2) is 5.78 Å². The van der Waals surface area contributed by atoms with Crippen molar-refractivity contribution in [2.75, 3.05) is 7.11 Å². The molecule has 1 atom stereocenters. The molecular weight excluding hydrogens is 196 g/mol. The van der Waals surface area contributed by atoms with Gasteiger partial charge in [0.25, 0.3) is 0 Å². The summed E-state index contributed by atoms with van der Waals surface area (Å²) in [6.45, 7) is 1.75. The molecule has 0 fully saturated rings. The largest absolute Gasteiger partial charge is 0.468 e. The first-order chi connectivity index (χ1) is 7.20. The van der Waals surface area contributed by atoms with E-state index >= 15 is 0 Å². The van der Waals surface area contributed by atoms with E-state index in [-0.39, 0.29) is 11.5 Å². The van der Waals surface area contributed by atoms with Crippen LogP contribution in [0.1, 0.15) is 23.8 Å². The van der Waals surface area contributed by atoms with E-state index in [9.17, 15) is 9.59 Å². The van der Waals surface area contributed by atoms with Crippen molar-refractivity contribution in [3.63, 3.8) is 0 Å². The number of carbonyl (C=O) groups excluding carboxylic acids is 2. The van der Waals surface area contributed by atoms with Crippen molar-refractivity contribution < 1.29 is 14.3 Å². The maximum absolute atomic E-state index is 11.8. The number of hydrogen-bond acceptors (Lipinski definition) is 5. The molecule has 80 valence electrons. The van der Waals surface area contributed by atoms with Gasteiger partial charge in [-0.1, -0.05) is 6.92 Å². The standard InChI is InChI=1S/C10H12N2O3/c1-3-7(10(14)15-2)9(13)8-4-5-11-6-12-8/h4-7H,3H2,1-2H3. The van der Waals surface area contributed by atoms with Crippen LogP contribution in [0.4, 0.5) is 0 Å². The Hall–Kier alpha value is -1.78. The van der Waals surface area contributed by atoms with Gasteiger partial charge in [0.05, 0.1) is 7.11 Å². The smallest absolute Gasteiger partial charge is 0.316 e. The molecule has 0 bridgehead atoms. The van der Waals surface area contributed by atoms with Crippen molar-refractivity contribution in [3.8, 4) is 0 Å². The maximum atomic E-state index is 11.8. The predicted octanol–water partition coefficient (Wildman–Crippen LogP) is 0.859. The van der Waals surface area contributed by atoms with Crippen LogP contribution in [0, 0.1) is 5.92 Å². The summed E-state index contributed by atoms with van der Waals surface area (Å²) in [5.74, 6) is -1.63. The number of rotatable bonds is 4. The number of nitrogens with zero attached hydrogens (tertiary/aromatic N) is 2. The highest BCUT2D eigenvalue weighted by molar-refractivity contribution is 6.07. The Bertz CT molecular complexity index is 351. The number of aromatic nitrogens is 2. The monoisotopic (exact) mass is 208 g/mol. The van der Waals surface area contributed by atoms with Crippen LogP contribution in [-0.4, -0.2) is 28.8 Å². The van der Waals surface area contributed by atoms with Crippen molar-refractivity contribution in [3.05, 3.63) is 24.3 Å². The van der Waals surface area contributed by atoms with Gasteiger partial charge in [-0.25, -0.2) is 9.97 Å². The third kappa shape index (κ3) is 2.59. The van der Waals surface area contributed by atoms with Crippen molar-refractivity contribution >= 4 is 11.8 Å². The molecule has 0 aromatic carbocycles. The highest BCUT2D eigenvalue weighted by Crippen LogP contribution is 2.11. The summed E-state index contributed by atoms with van der Waals surface area (Å²) in [6.07, 6.45) is 3.14. The lowest BCUT2D eigenvalue weighted by Gasteiger charge is -2.09. The van der Waals surface area contributed by atoms with Crippen LogP contribution in [0.15, 0.2) is 18.6 Å². The van der Waals surface area contributed by atoms with Crippen LogP contribution < -0.4 is 0 Å². The first-order valence-electron chi connectivity index (χ1n) is 4.58. The summed E-state index contributed by atoms with van der Waals surface area (Å²) in [7, 11) is 1.26. The summed E-state index contributed by atoms with van der Waals surface area (Å²) in [6, 6.07) is 1.48. The zero-order chi connectivity index (χ0) is 11.3. The highest BCUT2D eigenvalue weighted by atomic mass is 16.5. The quantitative estimate of drug-likeness (QED) is 0.417. The molecule has 0 N–H and O–H groups in total. The summed E-state index contributed by atoms with van der Waals surface area (Å²) in [5.41, 5.74) is 0.238. The summed E-state index contributed by atoms with van der Waals surface area (Å²) in [4.78, 5) is 30.6. The maximum Gasteiger partial charge on any atom is 0.316 e. The van der Waals surface area contributed by atoms with Crippen LogP contribution >= 0.6 is 0 Å². The molecule has 15 heavy (non-hydrogen) atoms. The van der Waals surface area contributed by atoms with Gasteiger partial charge in [0.2, 0.25) is 0 Å². The molecule has 1 aromatic rings. The molecule has 1 rings (SSSR count). The molecule has 0 aliphatic carbocycles. The van der Waals surface area contributed by atoms with Gasteiger partial charge >= 0.3 is 5.97 Å². The fourth-order valence-corrected chi connectivity index (χ4v) is 1.22. The van der Waals surface area contributed by atoms with Gasteiger partial charge in [-0.05, 0) is 12.5 Å². The van der Waals surface area contributed by atoms with E-state index in [2.05, 4.69) is 14.7 Å². The van der Waals surface area contributed by atoms with Gasteiger partial charge in [0.1, 0.15) is 17.9 Å². The first kappa shape index (κ1) is 11.3. The summed E-state index contributed by atoms with van der Waals surface area (Å²) in [5, 5.41) is 0. The Labute approximate surface area is 87.5 Å². The molecule has 0 spiro atoms. The van der Waals surface area contributed by atoms with E-state index in [0.717, 1.165) is 0 Å². The average Bonchev–Trinajstić information content (AvgIpc) is 2.30. The third-order valence-electron chi connectivity index (χ3n) is 2.04. The van der Waals surface area contributed by atoms with Gasteiger partial charge in [-0.3, -0.25) is 9.59 Å². The number of ketones is 1. The molecule has 0 saturated heterocycles. The number of Topliss-reactive ketones (excluding diaryl/α,β-unsaturated/α-hetero) is 1. The highest BCUT2D eigenvalue weighted by Gasteiger charge is 2.27.